The van der Waals surface area contributed by atoms with Gasteiger partial charge in [0.2, 0.25) is 0 Å². The second kappa shape index (κ2) is 9.27. The molecule has 0 spiro atoms. The van der Waals surface area contributed by atoms with Gasteiger partial charge in [-0.3, -0.25) is 4.79 Å². The fourth-order valence-corrected chi connectivity index (χ4v) is 3.35. The summed E-state index contributed by atoms with van der Waals surface area (Å²) in [6, 6.07) is 25.8. The highest BCUT2D eigenvalue weighted by Crippen LogP contribution is 2.27. The number of esters is 1. The van der Waals surface area contributed by atoms with Crippen molar-refractivity contribution in [2.45, 2.75) is 13.8 Å². The molecule has 0 aromatic heterocycles. The molecule has 0 radical (unpaired) electrons. The number of rotatable bonds is 5. The van der Waals surface area contributed by atoms with Crippen LogP contribution in [0.15, 0.2) is 90.0 Å². The van der Waals surface area contributed by atoms with Gasteiger partial charge in [0, 0.05) is 11.1 Å². The van der Waals surface area contributed by atoms with Gasteiger partial charge in [0.25, 0.3) is 5.91 Å². The maximum atomic E-state index is 12.7. The number of hydrogen-bond donors (Lipinski definition) is 1. The Morgan fingerprint density at radius 3 is 2.38 bits per heavy atom. The van der Waals surface area contributed by atoms with Crippen LogP contribution in [0.5, 0.6) is 5.75 Å². The fraction of sp³-hybridized carbons (Fsp3) is 0.0741. The standard InChI is InChI=1S/C27H22N2O3/c1-18-10-12-21(13-11-18)26(30)29-28-17-24-23-9-4-3-7-20(23)14-15-25(24)32-27(31)22-8-5-6-19(2)16-22/h3-17H,1-2H3,(H,29,30). The van der Waals surface area contributed by atoms with Gasteiger partial charge in [-0.1, -0.05) is 65.7 Å². The molecule has 5 heteroatoms. The first kappa shape index (κ1) is 21.0. The van der Waals surface area contributed by atoms with Crippen LogP contribution in [0, 0.1) is 13.8 Å². The van der Waals surface area contributed by atoms with Crippen molar-refractivity contribution in [2.75, 3.05) is 0 Å². The molecule has 0 saturated carbocycles. The number of benzene rings is 4. The molecule has 32 heavy (non-hydrogen) atoms. The minimum Gasteiger partial charge on any atom is -0.422 e. The third kappa shape index (κ3) is 4.73. The van der Waals surface area contributed by atoms with Crippen LogP contribution in [0.25, 0.3) is 10.8 Å². The van der Waals surface area contributed by atoms with E-state index in [1.165, 1.54) is 6.21 Å². The Morgan fingerprint density at radius 1 is 0.812 bits per heavy atom. The number of carbonyl (C=O) groups excluding carboxylic acids is 2. The Labute approximate surface area is 186 Å². The number of carbonyl (C=O) groups is 2. The first-order valence-corrected chi connectivity index (χ1v) is 10.2. The Kier molecular flexibility index (Phi) is 6.08. The molecule has 0 aliphatic rings. The highest BCUT2D eigenvalue weighted by Gasteiger charge is 2.14. The molecule has 4 aromatic carbocycles. The quantitative estimate of drug-likeness (QED) is 0.202. The van der Waals surface area contributed by atoms with Crippen molar-refractivity contribution in [3.05, 3.63) is 113 Å². The number of hydrazone groups is 1. The molecule has 0 aliphatic heterocycles. The second-order valence-corrected chi connectivity index (χ2v) is 7.52. The first-order valence-electron chi connectivity index (χ1n) is 10.2. The number of hydrogen-bond acceptors (Lipinski definition) is 4. The summed E-state index contributed by atoms with van der Waals surface area (Å²) in [5.74, 6) is -0.411. The minimum absolute atomic E-state index is 0.320. The number of nitrogens with one attached hydrogen (secondary N) is 1. The van der Waals surface area contributed by atoms with E-state index in [2.05, 4.69) is 10.5 Å². The van der Waals surface area contributed by atoms with E-state index < -0.39 is 5.97 Å². The molecule has 0 heterocycles. The Morgan fingerprint density at radius 2 is 1.59 bits per heavy atom. The predicted molar refractivity (Wildman–Crippen MR) is 126 cm³/mol. The predicted octanol–water partition coefficient (Wildman–Crippen LogP) is 5.44. The number of ether oxygens (including phenoxy) is 1. The molecule has 158 valence electrons. The highest BCUT2D eigenvalue weighted by molar-refractivity contribution is 6.04. The number of aryl methyl sites for hydroxylation is 2. The average molecular weight is 422 g/mol. The summed E-state index contributed by atoms with van der Waals surface area (Å²) in [6.07, 6.45) is 1.51. The van der Waals surface area contributed by atoms with Gasteiger partial charge in [0.05, 0.1) is 11.8 Å². The lowest BCUT2D eigenvalue weighted by Crippen LogP contribution is -2.17. The van der Waals surface area contributed by atoms with Gasteiger partial charge in [-0.15, -0.1) is 0 Å². The SMILES string of the molecule is Cc1ccc(C(=O)NN=Cc2c(OC(=O)c3cccc(C)c3)ccc3ccccc23)cc1. The van der Waals surface area contributed by atoms with E-state index in [0.29, 0.717) is 22.4 Å². The molecule has 1 amide bonds. The minimum atomic E-state index is -0.456. The Balaban J connectivity index is 1.62. The lowest BCUT2D eigenvalue weighted by atomic mass is 10.0. The monoisotopic (exact) mass is 422 g/mol. The van der Waals surface area contributed by atoms with E-state index >= 15 is 0 Å². The van der Waals surface area contributed by atoms with Crippen LogP contribution < -0.4 is 10.2 Å². The van der Waals surface area contributed by atoms with Crippen molar-refractivity contribution >= 4 is 28.9 Å². The largest absolute Gasteiger partial charge is 0.422 e. The molecule has 0 unspecified atom stereocenters. The topological polar surface area (TPSA) is 67.8 Å². The summed E-state index contributed by atoms with van der Waals surface area (Å²) in [7, 11) is 0. The molecule has 0 saturated heterocycles. The first-order chi connectivity index (χ1) is 15.5. The van der Waals surface area contributed by atoms with Gasteiger partial charge in [-0.25, -0.2) is 10.2 Å². The van der Waals surface area contributed by atoms with Gasteiger partial charge in [0.15, 0.2) is 0 Å². The number of fused-ring (bicyclic) bond motifs is 1. The van der Waals surface area contributed by atoms with Crippen molar-refractivity contribution in [1.29, 1.82) is 0 Å². The molecule has 1 N–H and O–H groups in total. The van der Waals surface area contributed by atoms with Crippen molar-refractivity contribution in [3.63, 3.8) is 0 Å². The summed E-state index contributed by atoms with van der Waals surface area (Å²) >= 11 is 0. The van der Waals surface area contributed by atoms with E-state index in [0.717, 1.165) is 21.9 Å². The molecule has 4 aromatic rings. The Hall–Kier alpha value is -4.25. The molecule has 0 atom stereocenters. The summed E-state index contributed by atoms with van der Waals surface area (Å²) in [6.45, 7) is 3.88. The summed E-state index contributed by atoms with van der Waals surface area (Å²) in [4.78, 5) is 25.1. The molecule has 0 aliphatic carbocycles. The normalized spacial score (nSPS) is 10.9. The van der Waals surface area contributed by atoms with Crippen molar-refractivity contribution in [3.8, 4) is 5.75 Å². The van der Waals surface area contributed by atoms with Gasteiger partial charge < -0.3 is 4.74 Å². The summed E-state index contributed by atoms with van der Waals surface area (Å²) < 4.78 is 5.71. The number of amides is 1. The van der Waals surface area contributed by atoms with Gasteiger partial charge in [-0.2, -0.15) is 5.10 Å². The lowest BCUT2D eigenvalue weighted by molar-refractivity contribution is 0.0734. The van der Waals surface area contributed by atoms with Crippen molar-refractivity contribution in [2.24, 2.45) is 5.10 Å². The number of nitrogens with zero attached hydrogens (tertiary/aromatic N) is 1. The molecule has 5 nitrogen and oxygen atoms in total. The van der Waals surface area contributed by atoms with Gasteiger partial charge >= 0.3 is 5.97 Å². The van der Waals surface area contributed by atoms with E-state index in [-0.39, 0.29) is 5.91 Å². The smallest absolute Gasteiger partial charge is 0.343 e. The highest BCUT2D eigenvalue weighted by atomic mass is 16.5. The zero-order valence-corrected chi connectivity index (χ0v) is 17.8. The third-order valence-corrected chi connectivity index (χ3v) is 5.06. The van der Waals surface area contributed by atoms with Crippen LogP contribution in [0.4, 0.5) is 0 Å². The maximum absolute atomic E-state index is 12.7. The van der Waals surface area contributed by atoms with Gasteiger partial charge in [0.1, 0.15) is 5.75 Å². The zero-order chi connectivity index (χ0) is 22.5. The molecular weight excluding hydrogens is 400 g/mol. The van der Waals surface area contributed by atoms with E-state index in [9.17, 15) is 9.59 Å². The lowest BCUT2D eigenvalue weighted by Gasteiger charge is -2.11. The van der Waals surface area contributed by atoms with E-state index in [1.54, 1.807) is 30.3 Å². The summed E-state index contributed by atoms with van der Waals surface area (Å²) in [5.41, 5.74) is 6.16. The maximum Gasteiger partial charge on any atom is 0.343 e. The third-order valence-electron chi connectivity index (χ3n) is 5.06. The molecule has 0 bridgehead atoms. The van der Waals surface area contributed by atoms with Crippen LogP contribution in [-0.2, 0) is 0 Å². The molecular formula is C27H22N2O3. The Bertz CT molecular complexity index is 1320. The summed E-state index contributed by atoms with van der Waals surface area (Å²) in [5, 5.41) is 5.95. The molecule has 0 fully saturated rings. The second-order valence-electron chi connectivity index (χ2n) is 7.52. The van der Waals surface area contributed by atoms with Crippen molar-refractivity contribution in [1.82, 2.24) is 5.43 Å². The van der Waals surface area contributed by atoms with Crippen LogP contribution in [-0.4, -0.2) is 18.1 Å². The van der Waals surface area contributed by atoms with Crippen molar-refractivity contribution < 1.29 is 14.3 Å². The average Bonchev–Trinajstić information content (AvgIpc) is 2.80. The fourth-order valence-electron chi connectivity index (χ4n) is 3.35. The molecule has 4 rings (SSSR count). The van der Waals surface area contributed by atoms with Crippen LogP contribution in [0.2, 0.25) is 0 Å². The van der Waals surface area contributed by atoms with E-state index in [4.69, 9.17) is 4.74 Å². The van der Waals surface area contributed by atoms with Crippen LogP contribution >= 0.6 is 0 Å². The zero-order valence-electron chi connectivity index (χ0n) is 17.8. The van der Waals surface area contributed by atoms with Crippen LogP contribution in [0.1, 0.15) is 37.4 Å². The van der Waals surface area contributed by atoms with Crippen LogP contribution in [0.3, 0.4) is 0 Å². The van der Waals surface area contributed by atoms with Gasteiger partial charge in [-0.05, 0) is 55.0 Å². The van der Waals surface area contributed by atoms with E-state index in [1.807, 2.05) is 68.4 Å².